The van der Waals surface area contributed by atoms with Gasteiger partial charge in [0.05, 0.1) is 13.2 Å². The third kappa shape index (κ3) is 4.19. The van der Waals surface area contributed by atoms with Gasteiger partial charge in [0.1, 0.15) is 17.5 Å². The zero-order valence-electron chi connectivity index (χ0n) is 11.9. The van der Waals surface area contributed by atoms with Crippen LogP contribution < -0.4 is 9.47 Å². The lowest BCUT2D eigenvalue weighted by molar-refractivity contribution is -0.144. The van der Waals surface area contributed by atoms with Crippen LogP contribution in [0.25, 0.3) is 0 Å². The van der Waals surface area contributed by atoms with Gasteiger partial charge in [-0.15, -0.1) is 0 Å². The van der Waals surface area contributed by atoms with Gasteiger partial charge in [0.25, 0.3) is 0 Å². The Morgan fingerprint density at radius 1 is 1.29 bits per heavy atom. The summed E-state index contributed by atoms with van der Waals surface area (Å²) in [6.07, 6.45) is 1.36. The molecule has 1 aliphatic heterocycles. The van der Waals surface area contributed by atoms with Gasteiger partial charge in [0, 0.05) is 0 Å². The van der Waals surface area contributed by atoms with Crippen molar-refractivity contribution in [1.82, 2.24) is 4.90 Å². The first-order valence-electron chi connectivity index (χ1n) is 7.00. The molecule has 0 spiro atoms. The number of carboxylic acids is 1. The largest absolute Gasteiger partial charge is 0.494 e. The van der Waals surface area contributed by atoms with Gasteiger partial charge in [0.15, 0.2) is 0 Å². The number of carbonyl (C=O) groups is 2. The molecule has 0 aromatic heterocycles. The molecule has 1 saturated heterocycles. The number of carboxylic acid groups (broad SMARTS) is 1. The summed E-state index contributed by atoms with van der Waals surface area (Å²) in [5.74, 6) is -0.203. The van der Waals surface area contributed by atoms with E-state index in [2.05, 4.69) is 0 Å². The summed E-state index contributed by atoms with van der Waals surface area (Å²) in [4.78, 5) is 24.5. The van der Waals surface area contributed by atoms with Crippen molar-refractivity contribution < 1.29 is 24.2 Å². The van der Waals surface area contributed by atoms with E-state index in [-0.39, 0.29) is 6.54 Å². The SMILES string of the molecule is CCOc1ccc(OC(=O)CN2CCCC2C(=O)O)cc1. The molecule has 1 unspecified atom stereocenters. The summed E-state index contributed by atoms with van der Waals surface area (Å²) >= 11 is 0. The van der Waals surface area contributed by atoms with E-state index < -0.39 is 18.0 Å². The molecule has 114 valence electrons. The Morgan fingerprint density at radius 3 is 2.57 bits per heavy atom. The number of esters is 1. The third-order valence-electron chi connectivity index (χ3n) is 3.35. The van der Waals surface area contributed by atoms with Gasteiger partial charge in [-0.25, -0.2) is 0 Å². The Balaban J connectivity index is 1.88. The van der Waals surface area contributed by atoms with Crippen molar-refractivity contribution in [2.24, 2.45) is 0 Å². The van der Waals surface area contributed by atoms with Gasteiger partial charge in [0.2, 0.25) is 0 Å². The summed E-state index contributed by atoms with van der Waals surface area (Å²) in [6.45, 7) is 3.06. The zero-order chi connectivity index (χ0) is 15.2. The maximum atomic E-state index is 11.9. The number of nitrogens with zero attached hydrogens (tertiary/aromatic N) is 1. The second-order valence-corrected chi connectivity index (χ2v) is 4.85. The Morgan fingerprint density at radius 2 is 1.95 bits per heavy atom. The first-order valence-corrected chi connectivity index (χ1v) is 7.00. The molecule has 1 fully saturated rings. The summed E-state index contributed by atoms with van der Waals surface area (Å²) < 4.78 is 10.5. The number of hydrogen-bond acceptors (Lipinski definition) is 5. The zero-order valence-corrected chi connectivity index (χ0v) is 11.9. The van der Waals surface area contributed by atoms with Gasteiger partial charge < -0.3 is 14.6 Å². The molecule has 6 nitrogen and oxygen atoms in total. The molecular formula is C15H19NO5. The molecule has 1 atom stereocenters. The van der Waals surface area contributed by atoms with Crippen LogP contribution >= 0.6 is 0 Å². The molecule has 1 N–H and O–H groups in total. The van der Waals surface area contributed by atoms with Crippen LogP contribution in [0, 0.1) is 0 Å². The molecule has 2 rings (SSSR count). The number of aliphatic carboxylic acids is 1. The molecule has 21 heavy (non-hydrogen) atoms. The highest BCUT2D eigenvalue weighted by atomic mass is 16.5. The number of likely N-dealkylation sites (tertiary alicyclic amines) is 1. The van der Waals surface area contributed by atoms with E-state index in [1.807, 2.05) is 6.92 Å². The van der Waals surface area contributed by atoms with Crippen molar-refractivity contribution in [2.45, 2.75) is 25.8 Å². The summed E-state index contributed by atoms with van der Waals surface area (Å²) in [7, 11) is 0. The maximum absolute atomic E-state index is 11.9. The van der Waals surface area contributed by atoms with E-state index >= 15 is 0 Å². The third-order valence-corrected chi connectivity index (χ3v) is 3.35. The Labute approximate surface area is 123 Å². The average Bonchev–Trinajstić information content (AvgIpc) is 2.89. The topological polar surface area (TPSA) is 76.1 Å². The number of hydrogen-bond donors (Lipinski definition) is 1. The normalized spacial score (nSPS) is 18.4. The maximum Gasteiger partial charge on any atom is 0.325 e. The van der Waals surface area contributed by atoms with Crippen molar-refractivity contribution >= 4 is 11.9 Å². The van der Waals surface area contributed by atoms with Crippen molar-refractivity contribution in [3.8, 4) is 11.5 Å². The van der Waals surface area contributed by atoms with Crippen LogP contribution in [-0.4, -0.2) is 47.7 Å². The minimum Gasteiger partial charge on any atom is -0.494 e. The molecule has 0 saturated carbocycles. The van der Waals surface area contributed by atoms with Crippen LogP contribution in [-0.2, 0) is 9.59 Å². The Kier molecular flexibility index (Phi) is 5.16. The van der Waals surface area contributed by atoms with Gasteiger partial charge in [-0.05, 0) is 50.6 Å². The van der Waals surface area contributed by atoms with Crippen LogP contribution in [0.1, 0.15) is 19.8 Å². The van der Waals surface area contributed by atoms with Gasteiger partial charge in [-0.1, -0.05) is 0 Å². The Hall–Kier alpha value is -2.08. The van der Waals surface area contributed by atoms with Crippen molar-refractivity contribution in [1.29, 1.82) is 0 Å². The Bertz CT molecular complexity index is 499. The van der Waals surface area contributed by atoms with Crippen molar-refractivity contribution in [2.75, 3.05) is 19.7 Å². The fourth-order valence-corrected chi connectivity index (χ4v) is 2.40. The van der Waals surface area contributed by atoms with Crippen molar-refractivity contribution in [3.05, 3.63) is 24.3 Å². The fraction of sp³-hybridized carbons (Fsp3) is 0.467. The number of ether oxygens (including phenoxy) is 2. The van der Waals surface area contributed by atoms with E-state index in [0.717, 1.165) is 6.42 Å². The van der Waals surface area contributed by atoms with E-state index in [0.29, 0.717) is 31.1 Å². The van der Waals surface area contributed by atoms with Crippen LogP contribution in [0.2, 0.25) is 0 Å². The molecule has 1 aromatic rings. The van der Waals surface area contributed by atoms with Crippen LogP contribution in [0.15, 0.2) is 24.3 Å². The fourth-order valence-electron chi connectivity index (χ4n) is 2.40. The number of rotatable bonds is 6. The second kappa shape index (κ2) is 7.08. The first kappa shape index (κ1) is 15.3. The van der Waals surface area contributed by atoms with Crippen molar-refractivity contribution in [3.63, 3.8) is 0 Å². The number of carbonyl (C=O) groups excluding carboxylic acids is 1. The van der Waals surface area contributed by atoms with Gasteiger partial charge in [-0.2, -0.15) is 0 Å². The molecule has 1 aromatic carbocycles. The summed E-state index contributed by atoms with van der Waals surface area (Å²) in [5.41, 5.74) is 0. The molecule has 6 heteroatoms. The summed E-state index contributed by atoms with van der Waals surface area (Å²) in [5, 5.41) is 9.06. The number of benzene rings is 1. The lowest BCUT2D eigenvalue weighted by Gasteiger charge is -2.19. The molecule has 0 amide bonds. The summed E-state index contributed by atoms with van der Waals surface area (Å²) in [6, 6.07) is 6.17. The predicted molar refractivity (Wildman–Crippen MR) is 75.5 cm³/mol. The van der Waals surface area contributed by atoms with E-state index in [9.17, 15) is 9.59 Å². The van der Waals surface area contributed by atoms with E-state index in [4.69, 9.17) is 14.6 Å². The van der Waals surface area contributed by atoms with Crippen LogP contribution in [0.5, 0.6) is 11.5 Å². The smallest absolute Gasteiger partial charge is 0.325 e. The first-order chi connectivity index (χ1) is 10.1. The predicted octanol–water partition coefficient (Wildman–Crippen LogP) is 1.54. The molecule has 1 aliphatic rings. The van der Waals surface area contributed by atoms with Crippen LogP contribution in [0.4, 0.5) is 0 Å². The molecule has 0 bridgehead atoms. The second-order valence-electron chi connectivity index (χ2n) is 4.85. The minimum atomic E-state index is -0.888. The molecule has 0 radical (unpaired) electrons. The highest BCUT2D eigenvalue weighted by Crippen LogP contribution is 2.19. The highest BCUT2D eigenvalue weighted by Gasteiger charge is 2.32. The molecular weight excluding hydrogens is 274 g/mol. The lowest BCUT2D eigenvalue weighted by atomic mass is 10.2. The van der Waals surface area contributed by atoms with Gasteiger partial charge in [-0.3, -0.25) is 14.5 Å². The monoisotopic (exact) mass is 293 g/mol. The van der Waals surface area contributed by atoms with Gasteiger partial charge >= 0.3 is 11.9 Å². The minimum absolute atomic E-state index is 0.00974. The quantitative estimate of drug-likeness (QED) is 0.633. The average molecular weight is 293 g/mol. The van der Waals surface area contributed by atoms with Crippen LogP contribution in [0.3, 0.4) is 0 Å². The standard InChI is InChI=1S/C15H19NO5/c1-2-20-11-5-7-12(8-6-11)21-14(17)10-16-9-3-4-13(16)15(18)19/h5-8,13H,2-4,9-10H2,1H3,(H,18,19). The lowest BCUT2D eigenvalue weighted by Crippen LogP contribution is -2.40. The van der Waals surface area contributed by atoms with E-state index in [1.54, 1.807) is 29.2 Å². The van der Waals surface area contributed by atoms with E-state index in [1.165, 1.54) is 0 Å². The molecule has 0 aliphatic carbocycles. The highest BCUT2D eigenvalue weighted by molar-refractivity contribution is 5.78. The molecule has 1 heterocycles.